The maximum Gasteiger partial charge on any atom is 0.264 e. The highest BCUT2D eigenvalue weighted by Gasteiger charge is 2.29. The van der Waals surface area contributed by atoms with Crippen LogP contribution in [0, 0.1) is 0 Å². The Labute approximate surface area is 98.1 Å². The zero-order valence-electron chi connectivity index (χ0n) is 8.87. The van der Waals surface area contributed by atoms with E-state index in [0.717, 1.165) is 6.26 Å². The van der Waals surface area contributed by atoms with Crippen LogP contribution in [0.25, 0.3) is 0 Å². The van der Waals surface area contributed by atoms with E-state index in [4.69, 9.17) is 13.7 Å². The van der Waals surface area contributed by atoms with Gasteiger partial charge in [-0.3, -0.25) is 4.18 Å². The summed E-state index contributed by atoms with van der Waals surface area (Å²) in [6.45, 7) is 1.94. The van der Waals surface area contributed by atoms with E-state index in [1.165, 1.54) is 11.3 Å². The third-order valence-electron chi connectivity index (χ3n) is 2.12. The van der Waals surface area contributed by atoms with E-state index >= 15 is 0 Å². The van der Waals surface area contributed by atoms with Crippen molar-refractivity contribution >= 4 is 21.5 Å². The van der Waals surface area contributed by atoms with Crippen molar-refractivity contribution in [3.63, 3.8) is 0 Å². The van der Waals surface area contributed by atoms with E-state index in [1.54, 1.807) is 6.92 Å². The third-order valence-corrected chi connectivity index (χ3v) is 3.48. The molecule has 0 bridgehead atoms. The van der Waals surface area contributed by atoms with Gasteiger partial charge in [0.25, 0.3) is 10.1 Å². The van der Waals surface area contributed by atoms with Crippen LogP contribution in [0.15, 0.2) is 10.8 Å². The van der Waals surface area contributed by atoms with Crippen LogP contribution in [0.4, 0.5) is 0 Å². The second kappa shape index (κ2) is 4.23. The fraction of sp³-hybridized carbons (Fsp3) is 0.556. The molecule has 0 aliphatic carbocycles. The van der Waals surface area contributed by atoms with Gasteiger partial charge in [-0.15, -0.1) is 11.3 Å². The minimum atomic E-state index is -3.47. The summed E-state index contributed by atoms with van der Waals surface area (Å²) in [4.78, 5) is 0. The number of hydrogen-bond acceptors (Lipinski definition) is 6. The minimum Gasteiger partial charge on any atom is -0.485 e. The molecule has 16 heavy (non-hydrogen) atoms. The van der Waals surface area contributed by atoms with E-state index < -0.39 is 22.3 Å². The summed E-state index contributed by atoms with van der Waals surface area (Å²) in [6.07, 6.45) is 0.0447. The molecule has 0 N–H and O–H groups in total. The number of rotatable bonds is 3. The molecular weight excluding hydrogens is 252 g/mol. The largest absolute Gasteiger partial charge is 0.485 e. The molecule has 2 unspecified atom stereocenters. The van der Waals surface area contributed by atoms with Crippen molar-refractivity contribution in [3.05, 3.63) is 10.8 Å². The van der Waals surface area contributed by atoms with Gasteiger partial charge in [-0.05, 0) is 6.92 Å². The maximum absolute atomic E-state index is 11.0. The molecule has 90 valence electrons. The van der Waals surface area contributed by atoms with Crippen LogP contribution in [-0.2, 0) is 14.3 Å². The van der Waals surface area contributed by atoms with Gasteiger partial charge in [0.05, 0.1) is 6.26 Å². The summed E-state index contributed by atoms with van der Waals surface area (Å²) in [5.41, 5.74) is 0. The minimum absolute atomic E-state index is 0.292. The van der Waals surface area contributed by atoms with Gasteiger partial charge in [0.15, 0.2) is 17.6 Å². The molecule has 0 radical (unpaired) electrons. The van der Waals surface area contributed by atoms with Crippen molar-refractivity contribution in [3.8, 4) is 11.5 Å². The lowest BCUT2D eigenvalue weighted by molar-refractivity contribution is 0.0150. The van der Waals surface area contributed by atoms with Gasteiger partial charge in [0.2, 0.25) is 0 Å². The van der Waals surface area contributed by atoms with Crippen molar-refractivity contribution in [2.75, 3.05) is 12.9 Å². The maximum atomic E-state index is 11.0. The van der Waals surface area contributed by atoms with Crippen LogP contribution >= 0.6 is 11.3 Å². The molecule has 1 aliphatic rings. The number of thiophene rings is 1. The summed E-state index contributed by atoms with van der Waals surface area (Å²) in [6, 6.07) is 0. The van der Waals surface area contributed by atoms with Gasteiger partial charge in [-0.25, -0.2) is 0 Å². The Balaban J connectivity index is 2.03. The average Bonchev–Trinajstić information content (AvgIpc) is 2.61. The van der Waals surface area contributed by atoms with Gasteiger partial charge in [-0.1, -0.05) is 0 Å². The predicted octanol–water partition coefficient (Wildman–Crippen LogP) is 1.25. The zero-order valence-corrected chi connectivity index (χ0v) is 10.5. The highest BCUT2D eigenvalue weighted by atomic mass is 32.2. The van der Waals surface area contributed by atoms with E-state index in [0.29, 0.717) is 18.1 Å². The highest BCUT2D eigenvalue weighted by molar-refractivity contribution is 7.86. The first kappa shape index (κ1) is 11.7. The van der Waals surface area contributed by atoms with Gasteiger partial charge < -0.3 is 9.47 Å². The van der Waals surface area contributed by atoms with Crippen LogP contribution in [0.5, 0.6) is 11.5 Å². The summed E-state index contributed by atoms with van der Waals surface area (Å²) < 4.78 is 37.8. The van der Waals surface area contributed by atoms with Crippen molar-refractivity contribution in [1.82, 2.24) is 0 Å². The molecular formula is C9H12O5S2. The van der Waals surface area contributed by atoms with Crippen LogP contribution in [0.3, 0.4) is 0 Å². The summed E-state index contributed by atoms with van der Waals surface area (Å²) in [5.74, 6) is 1.35. The molecule has 0 spiro atoms. The van der Waals surface area contributed by atoms with E-state index in [9.17, 15) is 8.42 Å². The fourth-order valence-corrected chi connectivity index (χ4v) is 2.75. The van der Waals surface area contributed by atoms with Crippen molar-refractivity contribution in [1.29, 1.82) is 0 Å². The Morgan fingerprint density at radius 2 is 2.19 bits per heavy atom. The van der Waals surface area contributed by atoms with E-state index in [2.05, 4.69) is 0 Å². The SMILES string of the molecule is CC(OS(C)(=O)=O)C1COc2cscc2O1. The van der Waals surface area contributed by atoms with Crippen molar-refractivity contribution < 1.29 is 22.1 Å². The second-order valence-electron chi connectivity index (χ2n) is 3.57. The van der Waals surface area contributed by atoms with Gasteiger partial charge in [0, 0.05) is 10.8 Å². The first-order valence-electron chi connectivity index (χ1n) is 4.69. The Morgan fingerprint density at radius 1 is 1.50 bits per heavy atom. The van der Waals surface area contributed by atoms with Gasteiger partial charge in [0.1, 0.15) is 12.7 Å². The number of hydrogen-bond donors (Lipinski definition) is 0. The number of ether oxygens (including phenoxy) is 2. The molecule has 5 nitrogen and oxygen atoms in total. The molecule has 1 aliphatic heterocycles. The van der Waals surface area contributed by atoms with E-state index in [-0.39, 0.29) is 0 Å². The molecule has 1 aromatic heterocycles. The Kier molecular flexibility index (Phi) is 3.09. The molecule has 0 amide bonds. The molecule has 2 heterocycles. The molecule has 0 saturated heterocycles. The molecule has 1 aromatic rings. The Hall–Kier alpha value is -0.790. The monoisotopic (exact) mass is 264 g/mol. The molecule has 0 fully saturated rings. The molecule has 0 aromatic carbocycles. The fourth-order valence-electron chi connectivity index (χ4n) is 1.40. The van der Waals surface area contributed by atoms with Crippen LogP contribution in [0.1, 0.15) is 6.92 Å². The Morgan fingerprint density at radius 3 is 2.88 bits per heavy atom. The predicted molar refractivity (Wildman–Crippen MR) is 59.6 cm³/mol. The topological polar surface area (TPSA) is 61.8 Å². The summed E-state index contributed by atoms with van der Waals surface area (Å²) in [5, 5.41) is 3.66. The molecule has 2 atom stereocenters. The quantitative estimate of drug-likeness (QED) is 0.769. The highest BCUT2D eigenvalue weighted by Crippen LogP contribution is 2.36. The second-order valence-corrected chi connectivity index (χ2v) is 5.92. The smallest absolute Gasteiger partial charge is 0.264 e. The van der Waals surface area contributed by atoms with Crippen LogP contribution in [-0.4, -0.2) is 33.5 Å². The average molecular weight is 264 g/mol. The normalized spacial score (nSPS) is 21.8. The van der Waals surface area contributed by atoms with Crippen molar-refractivity contribution in [2.45, 2.75) is 19.1 Å². The van der Waals surface area contributed by atoms with Gasteiger partial charge in [-0.2, -0.15) is 8.42 Å². The standard InChI is InChI=1S/C9H12O5S2/c1-6(14-16(2,10)11)7-3-12-8-4-15-5-9(8)13-7/h4-7H,3H2,1-2H3. The van der Waals surface area contributed by atoms with E-state index in [1.807, 2.05) is 10.8 Å². The lowest BCUT2D eigenvalue weighted by Crippen LogP contribution is -2.40. The summed E-state index contributed by atoms with van der Waals surface area (Å²) >= 11 is 1.47. The van der Waals surface area contributed by atoms with Crippen LogP contribution in [0.2, 0.25) is 0 Å². The molecule has 2 rings (SSSR count). The van der Waals surface area contributed by atoms with Crippen molar-refractivity contribution in [2.24, 2.45) is 0 Å². The molecule has 0 saturated carbocycles. The van der Waals surface area contributed by atoms with Crippen LogP contribution < -0.4 is 9.47 Å². The van der Waals surface area contributed by atoms with Gasteiger partial charge >= 0.3 is 0 Å². The first-order chi connectivity index (χ1) is 7.46. The first-order valence-corrected chi connectivity index (χ1v) is 7.45. The lowest BCUT2D eigenvalue weighted by Gasteiger charge is -2.28. The zero-order chi connectivity index (χ0) is 11.8. The number of fused-ring (bicyclic) bond motifs is 1. The Bertz CT molecular complexity index is 464. The lowest BCUT2D eigenvalue weighted by atomic mass is 10.2. The third kappa shape index (κ3) is 2.66. The summed E-state index contributed by atoms with van der Waals surface area (Å²) in [7, 11) is -3.47. The molecule has 7 heteroatoms.